The van der Waals surface area contributed by atoms with Crippen molar-refractivity contribution in [3.8, 4) is 33.9 Å². The summed E-state index contributed by atoms with van der Waals surface area (Å²) in [5.41, 5.74) is 7.43. The summed E-state index contributed by atoms with van der Waals surface area (Å²) in [5.74, 6) is 0. The molecule has 4 rings (SSSR count). The van der Waals surface area contributed by atoms with Gasteiger partial charge in [-0.25, -0.2) is 0 Å². The Morgan fingerprint density at radius 1 is 0.583 bits per heavy atom. The van der Waals surface area contributed by atoms with E-state index in [-0.39, 0.29) is 0 Å². The zero-order chi connectivity index (χ0) is 16.8. The number of hydrogen-bond acceptors (Lipinski definition) is 0. The number of rotatable bonds is 3. The summed E-state index contributed by atoms with van der Waals surface area (Å²) in [5, 5.41) is 0. The zero-order valence-electron chi connectivity index (χ0n) is 14.6. The van der Waals surface area contributed by atoms with Gasteiger partial charge in [0.2, 0.25) is 0 Å². The average Bonchev–Trinajstić information content (AvgIpc) is 3.28. The van der Waals surface area contributed by atoms with Gasteiger partial charge in [0.1, 0.15) is 0 Å². The van der Waals surface area contributed by atoms with Gasteiger partial charge in [-0.1, -0.05) is 0 Å². The van der Waals surface area contributed by atoms with Crippen LogP contribution >= 0.6 is 0 Å². The van der Waals surface area contributed by atoms with E-state index in [0.29, 0.717) is 0 Å². The molecule has 0 spiro atoms. The summed E-state index contributed by atoms with van der Waals surface area (Å²) in [4.78, 5) is 0. The minimum absolute atomic E-state index is 1.22. The first-order valence-electron chi connectivity index (χ1n) is 8.12. The van der Waals surface area contributed by atoms with Crippen LogP contribution in [0.5, 0.6) is 0 Å². The Balaban J connectivity index is 2.09. The van der Waals surface area contributed by atoms with E-state index >= 15 is 0 Å². The lowest BCUT2D eigenvalue weighted by molar-refractivity contribution is 0.882. The van der Waals surface area contributed by atoms with Gasteiger partial charge in [-0.15, -0.1) is 0 Å². The predicted octanol–water partition coefficient (Wildman–Crippen LogP) is 4.04. The molecule has 0 radical (unpaired) electrons. The average molecular weight is 318 g/mol. The van der Waals surface area contributed by atoms with E-state index in [0.717, 1.165) is 0 Å². The van der Waals surface area contributed by atoms with E-state index in [9.17, 15) is 0 Å². The Labute approximate surface area is 142 Å². The van der Waals surface area contributed by atoms with E-state index in [1.807, 2.05) is 0 Å². The lowest BCUT2D eigenvalue weighted by Crippen LogP contribution is -1.99. The van der Waals surface area contributed by atoms with Crippen LogP contribution in [0.2, 0.25) is 0 Å². The van der Waals surface area contributed by atoms with Crippen LogP contribution in [0.1, 0.15) is 0 Å². The van der Waals surface area contributed by atoms with Crippen molar-refractivity contribution in [1.29, 1.82) is 0 Å². The molecule has 0 N–H and O–H groups in total. The molecule has 0 saturated heterocycles. The van der Waals surface area contributed by atoms with Gasteiger partial charge in [0.05, 0.1) is 17.1 Å². The fraction of sp³-hybridized carbons (Fsp3) is 0.200. The normalized spacial score (nSPS) is 11.3. The largest absolute Gasteiger partial charge is 0.351 e. The van der Waals surface area contributed by atoms with E-state index in [1.54, 1.807) is 0 Å². The van der Waals surface area contributed by atoms with Gasteiger partial charge in [-0.3, -0.25) is 0 Å². The summed E-state index contributed by atoms with van der Waals surface area (Å²) >= 11 is 0. The van der Waals surface area contributed by atoms with Gasteiger partial charge in [0.15, 0.2) is 0 Å². The Morgan fingerprint density at radius 3 is 1.58 bits per heavy atom. The summed E-state index contributed by atoms with van der Waals surface area (Å²) in [7, 11) is 8.42. The molecule has 122 valence electrons. The van der Waals surface area contributed by atoms with Crippen molar-refractivity contribution in [2.24, 2.45) is 28.2 Å². The molecule has 0 aliphatic carbocycles. The lowest BCUT2D eigenvalue weighted by atomic mass is 10.0. The molecule has 0 unspecified atom stereocenters. The molecule has 0 aromatic carbocycles. The Kier molecular flexibility index (Phi) is 3.27. The third kappa shape index (κ3) is 2.07. The second-order valence-electron chi connectivity index (χ2n) is 6.39. The summed E-state index contributed by atoms with van der Waals surface area (Å²) < 4.78 is 8.78. The fourth-order valence-electron chi connectivity index (χ4n) is 3.56. The molecular weight excluding hydrogens is 296 g/mol. The van der Waals surface area contributed by atoms with Crippen LogP contribution in [0.4, 0.5) is 0 Å². The molecular formula is C20H22N4. The zero-order valence-corrected chi connectivity index (χ0v) is 14.6. The van der Waals surface area contributed by atoms with E-state index in [2.05, 4.69) is 108 Å². The first-order chi connectivity index (χ1) is 11.6. The maximum absolute atomic E-state index is 2.24. The first kappa shape index (κ1) is 14.7. The molecule has 4 heteroatoms. The Hall–Kier alpha value is -2.88. The van der Waals surface area contributed by atoms with Gasteiger partial charge in [0, 0.05) is 69.8 Å². The Morgan fingerprint density at radius 2 is 1.08 bits per heavy atom. The summed E-state index contributed by atoms with van der Waals surface area (Å²) in [6.07, 6.45) is 8.53. The quantitative estimate of drug-likeness (QED) is 0.543. The van der Waals surface area contributed by atoms with Crippen LogP contribution in [0.3, 0.4) is 0 Å². The molecule has 0 bridgehead atoms. The second kappa shape index (κ2) is 5.34. The van der Waals surface area contributed by atoms with Crippen molar-refractivity contribution in [3.05, 3.63) is 61.2 Å². The molecule has 0 fully saturated rings. The molecule has 0 saturated carbocycles. The maximum Gasteiger partial charge on any atom is 0.0746 e. The van der Waals surface area contributed by atoms with E-state index in [4.69, 9.17) is 0 Å². The van der Waals surface area contributed by atoms with Crippen molar-refractivity contribution in [1.82, 2.24) is 18.3 Å². The van der Waals surface area contributed by atoms with Gasteiger partial charge in [0.25, 0.3) is 0 Å². The smallest absolute Gasteiger partial charge is 0.0746 e. The SMILES string of the molecule is Cn1cccc1-c1cn(C)c(-c2cccn2C)c1-c1cccn1C. The predicted molar refractivity (Wildman–Crippen MR) is 98.6 cm³/mol. The molecule has 4 aromatic heterocycles. The maximum atomic E-state index is 2.24. The molecule has 0 aliphatic heterocycles. The molecule has 4 aromatic rings. The second-order valence-corrected chi connectivity index (χ2v) is 6.39. The number of nitrogens with zero attached hydrogens (tertiary/aromatic N) is 4. The summed E-state index contributed by atoms with van der Waals surface area (Å²) in [6, 6.07) is 12.8. The molecule has 0 amide bonds. The van der Waals surface area contributed by atoms with Crippen molar-refractivity contribution in [2.75, 3.05) is 0 Å². The van der Waals surface area contributed by atoms with Crippen molar-refractivity contribution >= 4 is 0 Å². The molecule has 4 heterocycles. The van der Waals surface area contributed by atoms with Crippen molar-refractivity contribution in [3.63, 3.8) is 0 Å². The Bertz CT molecular complexity index is 1010. The van der Waals surface area contributed by atoms with Gasteiger partial charge in [-0.05, 0) is 36.4 Å². The van der Waals surface area contributed by atoms with E-state index < -0.39 is 0 Å². The number of aryl methyl sites for hydroxylation is 4. The fourth-order valence-corrected chi connectivity index (χ4v) is 3.56. The lowest BCUT2D eigenvalue weighted by Gasteiger charge is -2.12. The molecule has 0 aliphatic rings. The van der Waals surface area contributed by atoms with Gasteiger partial charge < -0.3 is 18.3 Å². The van der Waals surface area contributed by atoms with Crippen molar-refractivity contribution < 1.29 is 0 Å². The van der Waals surface area contributed by atoms with Crippen LogP contribution in [0.15, 0.2) is 61.2 Å². The topological polar surface area (TPSA) is 19.7 Å². The third-order valence-electron chi connectivity index (χ3n) is 4.79. The third-order valence-corrected chi connectivity index (χ3v) is 4.79. The first-order valence-corrected chi connectivity index (χ1v) is 8.12. The number of hydrogen-bond donors (Lipinski definition) is 0. The van der Waals surface area contributed by atoms with E-state index in [1.165, 1.54) is 33.9 Å². The van der Waals surface area contributed by atoms with Crippen LogP contribution in [-0.4, -0.2) is 18.3 Å². The van der Waals surface area contributed by atoms with Gasteiger partial charge >= 0.3 is 0 Å². The van der Waals surface area contributed by atoms with Crippen LogP contribution in [0, 0.1) is 0 Å². The van der Waals surface area contributed by atoms with Crippen molar-refractivity contribution in [2.45, 2.75) is 0 Å². The minimum Gasteiger partial charge on any atom is -0.351 e. The molecule has 4 nitrogen and oxygen atoms in total. The highest BCUT2D eigenvalue weighted by molar-refractivity contribution is 5.91. The van der Waals surface area contributed by atoms with Crippen LogP contribution in [0.25, 0.3) is 33.9 Å². The summed E-state index contributed by atoms with van der Waals surface area (Å²) in [6.45, 7) is 0. The minimum atomic E-state index is 1.22. The highest BCUT2D eigenvalue weighted by atomic mass is 15.0. The highest BCUT2D eigenvalue weighted by Gasteiger charge is 2.22. The van der Waals surface area contributed by atoms with Crippen LogP contribution in [-0.2, 0) is 28.2 Å². The monoisotopic (exact) mass is 318 g/mol. The molecule has 0 atom stereocenters. The standard InChI is InChI=1S/C20H22N4/c1-21-11-5-8-16(21)15-14-24(4)20(18-10-7-13-23(18)3)19(15)17-9-6-12-22(17)2/h5-14H,1-4H3. The van der Waals surface area contributed by atoms with Gasteiger partial charge in [-0.2, -0.15) is 0 Å². The molecule has 24 heavy (non-hydrogen) atoms. The highest BCUT2D eigenvalue weighted by Crippen LogP contribution is 2.41. The number of aromatic nitrogens is 4. The van der Waals surface area contributed by atoms with Crippen LogP contribution < -0.4 is 0 Å².